The normalized spacial score (nSPS) is 13.4. The number of halogens is 1. The van der Waals surface area contributed by atoms with Crippen LogP contribution in [0.4, 0.5) is 0 Å². The first-order valence-electron chi connectivity index (χ1n) is 12.6. The lowest BCUT2D eigenvalue weighted by molar-refractivity contribution is -0.123. The molecule has 0 atom stereocenters. The van der Waals surface area contributed by atoms with Crippen LogP contribution in [-0.4, -0.2) is 36.8 Å². The van der Waals surface area contributed by atoms with Crippen molar-refractivity contribution >= 4 is 51.6 Å². The minimum absolute atomic E-state index is 0.127. The predicted octanol–water partition coefficient (Wildman–Crippen LogP) is 7.16. The molecule has 1 amide bonds. The highest BCUT2D eigenvalue weighted by Crippen LogP contribution is 2.45. The first kappa shape index (κ1) is 29.1. The van der Waals surface area contributed by atoms with Crippen molar-refractivity contribution in [3.8, 4) is 17.2 Å². The zero-order chi connectivity index (χ0) is 27.5. The largest absolute Gasteiger partial charge is 0.490 e. The van der Waals surface area contributed by atoms with Crippen LogP contribution >= 0.6 is 39.5 Å². The molecule has 6 nitrogen and oxygen atoms in total. The first-order valence-corrected chi connectivity index (χ1v) is 15.5. The fraction of sp³-hybridized carbons (Fsp3) is 0.267. The van der Waals surface area contributed by atoms with Crippen LogP contribution < -0.4 is 19.6 Å². The number of rotatable bonds is 13. The van der Waals surface area contributed by atoms with Gasteiger partial charge in [0.1, 0.15) is 12.4 Å². The third-order valence-electron chi connectivity index (χ3n) is 5.66. The molecule has 4 rings (SSSR count). The van der Waals surface area contributed by atoms with Crippen LogP contribution in [0, 0.1) is 0 Å². The molecule has 39 heavy (non-hydrogen) atoms. The van der Waals surface area contributed by atoms with E-state index in [0.29, 0.717) is 41.5 Å². The van der Waals surface area contributed by atoms with Crippen molar-refractivity contribution in [2.24, 2.45) is 5.10 Å². The maximum Gasteiger partial charge on any atom is 0.277 e. The van der Waals surface area contributed by atoms with Crippen molar-refractivity contribution in [1.29, 1.82) is 0 Å². The topological polar surface area (TPSA) is 69.2 Å². The summed E-state index contributed by atoms with van der Waals surface area (Å²) in [6, 6.07) is 19.7. The summed E-state index contributed by atoms with van der Waals surface area (Å²) in [5.74, 6) is 3.96. The highest BCUT2D eigenvalue weighted by atomic mass is 79.9. The highest BCUT2D eigenvalue weighted by molar-refractivity contribution is 9.10. The summed E-state index contributed by atoms with van der Waals surface area (Å²) < 4.78 is 19.2. The number of benzene rings is 3. The second-order valence-corrected chi connectivity index (χ2v) is 12.2. The van der Waals surface area contributed by atoms with Gasteiger partial charge in [0, 0.05) is 21.5 Å². The molecule has 0 bridgehead atoms. The molecule has 1 fully saturated rings. The lowest BCUT2D eigenvalue weighted by Gasteiger charge is -2.17. The Hall–Kier alpha value is -2.88. The van der Waals surface area contributed by atoms with Gasteiger partial charge in [-0.1, -0.05) is 46.3 Å². The molecular weight excluding hydrogens is 596 g/mol. The summed E-state index contributed by atoms with van der Waals surface area (Å²) in [4.78, 5) is 12.3. The van der Waals surface area contributed by atoms with Gasteiger partial charge in [-0.25, -0.2) is 5.43 Å². The van der Waals surface area contributed by atoms with Gasteiger partial charge in [-0.15, -0.1) is 30.1 Å². The molecule has 0 unspecified atom stereocenters. The van der Waals surface area contributed by atoms with Crippen molar-refractivity contribution < 1.29 is 19.0 Å². The Kier molecular flexibility index (Phi) is 11.2. The molecule has 3 aromatic carbocycles. The van der Waals surface area contributed by atoms with E-state index in [4.69, 9.17) is 14.2 Å². The zero-order valence-electron chi connectivity index (χ0n) is 21.7. The molecule has 0 spiro atoms. The van der Waals surface area contributed by atoms with Crippen molar-refractivity contribution in [2.45, 2.75) is 24.5 Å². The van der Waals surface area contributed by atoms with Gasteiger partial charge < -0.3 is 14.2 Å². The third-order valence-corrected chi connectivity index (χ3v) is 9.29. The van der Waals surface area contributed by atoms with Crippen LogP contribution in [0.1, 0.15) is 33.8 Å². The number of thioether (sulfide) groups is 2. The summed E-state index contributed by atoms with van der Waals surface area (Å²) >= 11 is 7.37. The third kappa shape index (κ3) is 8.81. The Morgan fingerprint density at radius 3 is 2.51 bits per heavy atom. The Balaban J connectivity index is 1.35. The van der Waals surface area contributed by atoms with E-state index < -0.39 is 0 Å². The van der Waals surface area contributed by atoms with Gasteiger partial charge >= 0.3 is 0 Å². The molecule has 1 saturated heterocycles. The van der Waals surface area contributed by atoms with Crippen LogP contribution in [0.15, 0.2) is 82.9 Å². The number of nitrogens with one attached hydrogen (secondary N) is 1. The van der Waals surface area contributed by atoms with Crippen LogP contribution in [0.5, 0.6) is 17.2 Å². The number of ether oxygens (including phenoxy) is 3. The Morgan fingerprint density at radius 2 is 1.82 bits per heavy atom. The summed E-state index contributed by atoms with van der Waals surface area (Å²) in [6.07, 6.45) is 3.99. The van der Waals surface area contributed by atoms with Gasteiger partial charge in [0.25, 0.3) is 5.91 Å². The molecule has 9 heteroatoms. The number of carbonyl (C=O) groups is 1. The predicted molar refractivity (Wildman–Crippen MR) is 165 cm³/mol. The lowest BCUT2D eigenvalue weighted by Crippen LogP contribution is -2.24. The minimum Gasteiger partial charge on any atom is -0.490 e. The quantitative estimate of drug-likeness (QED) is 0.123. The van der Waals surface area contributed by atoms with E-state index >= 15 is 0 Å². The van der Waals surface area contributed by atoms with Crippen LogP contribution in [0.2, 0.25) is 0 Å². The van der Waals surface area contributed by atoms with Gasteiger partial charge in [-0.3, -0.25) is 4.79 Å². The summed E-state index contributed by atoms with van der Waals surface area (Å²) in [5, 5.41) is 4.12. The number of hydrogen-bond acceptors (Lipinski definition) is 7. The Labute approximate surface area is 246 Å². The average Bonchev–Trinajstić information content (AvgIpc) is 3.48. The van der Waals surface area contributed by atoms with Crippen molar-refractivity contribution in [3.63, 3.8) is 0 Å². The molecule has 0 saturated carbocycles. The Morgan fingerprint density at radius 1 is 1.08 bits per heavy atom. The zero-order valence-corrected chi connectivity index (χ0v) is 24.9. The molecular formula is C30H31BrN2O4S2. The highest BCUT2D eigenvalue weighted by Gasteiger charge is 2.18. The van der Waals surface area contributed by atoms with Crippen molar-refractivity contribution in [1.82, 2.24) is 5.43 Å². The standard InChI is InChI=1S/C30H31BrN2O4S2/c1-3-5-24-16-22(17-27(35-4-2)29(24)37-19-21-6-10-25(31)11-7-21)18-32-33-28(34)20-36-26-12-8-23(9-13-26)30-38-14-15-39-30/h3,6-13,16-18,30H,1,4-5,14-15,19-20H2,2H3,(H,33,34)/b32-18-. The van der Waals surface area contributed by atoms with Crippen molar-refractivity contribution in [2.75, 3.05) is 24.7 Å². The fourth-order valence-electron chi connectivity index (χ4n) is 3.86. The second kappa shape index (κ2) is 15.1. The SMILES string of the molecule is C=CCc1cc(/C=N\NC(=O)COc2ccc(C3SCCS3)cc2)cc(OCC)c1OCc1ccc(Br)cc1. The van der Waals surface area contributed by atoms with Gasteiger partial charge in [-0.05, 0) is 66.4 Å². The van der Waals surface area contributed by atoms with E-state index in [-0.39, 0.29) is 12.5 Å². The van der Waals surface area contributed by atoms with E-state index in [0.717, 1.165) is 21.2 Å². The maximum absolute atomic E-state index is 12.3. The number of hydrogen-bond donors (Lipinski definition) is 1. The maximum atomic E-state index is 12.3. The number of hydrazone groups is 1. The molecule has 204 valence electrons. The average molecular weight is 628 g/mol. The monoisotopic (exact) mass is 626 g/mol. The second-order valence-electron chi connectivity index (χ2n) is 8.57. The van der Waals surface area contributed by atoms with Crippen LogP contribution in [0.25, 0.3) is 0 Å². The minimum atomic E-state index is -0.344. The van der Waals surface area contributed by atoms with Crippen LogP contribution in [0.3, 0.4) is 0 Å². The van der Waals surface area contributed by atoms with Crippen LogP contribution in [-0.2, 0) is 17.8 Å². The molecule has 1 heterocycles. The van der Waals surface area contributed by atoms with E-state index in [1.54, 1.807) is 6.21 Å². The fourth-order valence-corrected chi connectivity index (χ4v) is 6.98. The molecule has 3 aromatic rings. The molecule has 1 N–H and O–H groups in total. The van der Waals surface area contributed by atoms with E-state index in [2.05, 4.69) is 45.2 Å². The Bertz CT molecular complexity index is 1280. The molecule has 0 radical (unpaired) electrons. The molecule has 1 aliphatic heterocycles. The molecule has 0 aromatic heterocycles. The molecule has 0 aliphatic carbocycles. The number of nitrogens with zero attached hydrogens (tertiary/aromatic N) is 1. The van der Waals surface area contributed by atoms with E-state index in [9.17, 15) is 4.79 Å². The van der Waals surface area contributed by atoms with E-state index in [1.165, 1.54) is 17.1 Å². The van der Waals surface area contributed by atoms with Gasteiger partial charge in [0.05, 0.1) is 17.4 Å². The van der Waals surface area contributed by atoms with Gasteiger partial charge in [0.15, 0.2) is 18.1 Å². The van der Waals surface area contributed by atoms with Gasteiger partial charge in [-0.2, -0.15) is 5.10 Å². The number of amides is 1. The summed E-state index contributed by atoms with van der Waals surface area (Å²) in [6.45, 7) is 6.56. The summed E-state index contributed by atoms with van der Waals surface area (Å²) in [7, 11) is 0. The smallest absolute Gasteiger partial charge is 0.277 e. The van der Waals surface area contributed by atoms with E-state index in [1.807, 2.05) is 85.1 Å². The summed E-state index contributed by atoms with van der Waals surface area (Å²) in [5.41, 5.74) is 6.54. The number of allylic oxidation sites excluding steroid dienone is 1. The number of carbonyl (C=O) groups excluding carboxylic acids is 1. The van der Waals surface area contributed by atoms with Gasteiger partial charge in [0.2, 0.25) is 0 Å². The lowest BCUT2D eigenvalue weighted by atomic mass is 10.1. The first-order chi connectivity index (χ1) is 19.1. The van der Waals surface area contributed by atoms with Crippen molar-refractivity contribution in [3.05, 3.63) is 100 Å². The molecule has 1 aliphatic rings.